The Morgan fingerprint density at radius 3 is 2.09 bits per heavy atom. The van der Waals surface area contributed by atoms with Crippen LogP contribution in [-0.2, 0) is 14.4 Å². The lowest BCUT2D eigenvalue weighted by Crippen LogP contribution is -2.37. The molecule has 2 aliphatic rings. The number of benzene rings is 3. The molecule has 3 atom stereocenters. The maximum absolute atomic E-state index is 13.6. The number of methoxy groups -OCH3 is 1. The van der Waals surface area contributed by atoms with Crippen molar-refractivity contribution in [2.45, 2.75) is 19.1 Å². The highest BCUT2D eigenvalue weighted by Crippen LogP contribution is 2.47. The zero-order valence-corrected chi connectivity index (χ0v) is 18.3. The standard InChI is InChI=1S/C25H21ClN2O4/c1-15-3-9-18(10-4-15)27-24(29)21-22(16-5-13-20(31-2)14-6-16)28(32-23(21)25(27)30)19-11-7-17(26)8-12-19/h3-14,21-23H,1-2H3/t21-,22+,23+/m0/s1. The van der Waals surface area contributed by atoms with Gasteiger partial charge in [-0.25, -0.2) is 9.96 Å². The van der Waals surface area contributed by atoms with E-state index in [1.807, 2.05) is 55.5 Å². The van der Waals surface area contributed by atoms with Crippen molar-refractivity contribution < 1.29 is 19.2 Å². The van der Waals surface area contributed by atoms with Crippen molar-refractivity contribution in [2.75, 3.05) is 17.1 Å². The number of fused-ring (bicyclic) bond motifs is 1. The van der Waals surface area contributed by atoms with Crippen LogP contribution in [0.1, 0.15) is 17.2 Å². The number of imide groups is 1. The first-order chi connectivity index (χ1) is 15.5. The first-order valence-corrected chi connectivity index (χ1v) is 10.7. The van der Waals surface area contributed by atoms with Crippen LogP contribution in [0.2, 0.25) is 5.02 Å². The van der Waals surface area contributed by atoms with Crippen molar-refractivity contribution >= 4 is 34.8 Å². The van der Waals surface area contributed by atoms with Gasteiger partial charge in [0, 0.05) is 5.02 Å². The summed E-state index contributed by atoms with van der Waals surface area (Å²) in [7, 11) is 1.60. The quantitative estimate of drug-likeness (QED) is 0.541. The molecule has 0 bridgehead atoms. The molecule has 0 N–H and O–H groups in total. The second kappa shape index (κ2) is 7.97. The summed E-state index contributed by atoms with van der Waals surface area (Å²) in [6.07, 6.45) is -0.911. The molecule has 2 fully saturated rings. The molecule has 162 valence electrons. The number of ether oxygens (including phenoxy) is 1. The number of nitrogens with zero attached hydrogens (tertiary/aromatic N) is 2. The van der Waals surface area contributed by atoms with Gasteiger partial charge in [0.05, 0.1) is 24.5 Å². The molecule has 32 heavy (non-hydrogen) atoms. The van der Waals surface area contributed by atoms with E-state index < -0.39 is 18.1 Å². The molecule has 0 spiro atoms. The van der Waals surface area contributed by atoms with Crippen molar-refractivity contribution in [2.24, 2.45) is 5.92 Å². The number of carbonyl (C=O) groups is 2. The summed E-state index contributed by atoms with van der Waals surface area (Å²) in [5.41, 5.74) is 3.16. The lowest BCUT2D eigenvalue weighted by atomic mass is 9.90. The van der Waals surface area contributed by atoms with Crippen LogP contribution < -0.4 is 14.7 Å². The second-order valence-electron chi connectivity index (χ2n) is 7.92. The Kier molecular flexibility index (Phi) is 5.12. The summed E-state index contributed by atoms with van der Waals surface area (Å²) >= 11 is 6.06. The lowest BCUT2D eigenvalue weighted by Gasteiger charge is -2.29. The number of hydroxylamine groups is 1. The van der Waals surface area contributed by atoms with Crippen LogP contribution in [-0.4, -0.2) is 25.0 Å². The lowest BCUT2D eigenvalue weighted by molar-refractivity contribution is -0.126. The highest BCUT2D eigenvalue weighted by Gasteiger charge is 2.60. The van der Waals surface area contributed by atoms with Crippen molar-refractivity contribution in [1.82, 2.24) is 0 Å². The molecule has 6 nitrogen and oxygen atoms in total. The fourth-order valence-electron chi connectivity index (χ4n) is 4.31. The summed E-state index contributed by atoms with van der Waals surface area (Å²) < 4.78 is 5.28. The Bertz CT molecular complexity index is 1160. The van der Waals surface area contributed by atoms with Gasteiger partial charge < -0.3 is 4.74 Å². The number of carbonyl (C=O) groups excluding carboxylic acids is 2. The van der Waals surface area contributed by atoms with E-state index in [2.05, 4.69) is 0 Å². The average Bonchev–Trinajstić information content (AvgIpc) is 3.31. The number of rotatable bonds is 4. The van der Waals surface area contributed by atoms with Gasteiger partial charge in [-0.05, 0) is 61.0 Å². The van der Waals surface area contributed by atoms with Gasteiger partial charge in [-0.2, -0.15) is 0 Å². The SMILES string of the molecule is COc1ccc([C@@H]2[C@@H]3C(=O)N(c4ccc(C)cc4)C(=O)[C@@H]3ON2c2ccc(Cl)cc2)cc1. The predicted molar refractivity (Wildman–Crippen MR) is 122 cm³/mol. The van der Waals surface area contributed by atoms with E-state index in [4.69, 9.17) is 21.2 Å². The third-order valence-electron chi connectivity index (χ3n) is 5.95. The molecular formula is C25H21ClN2O4. The molecule has 3 aromatic rings. The molecule has 0 saturated carbocycles. The molecule has 5 rings (SSSR count). The van der Waals surface area contributed by atoms with E-state index in [-0.39, 0.29) is 11.8 Å². The van der Waals surface area contributed by atoms with Crippen LogP contribution in [0.25, 0.3) is 0 Å². The van der Waals surface area contributed by atoms with Crippen LogP contribution >= 0.6 is 11.6 Å². The predicted octanol–water partition coefficient (Wildman–Crippen LogP) is 4.71. The Hall–Kier alpha value is -3.35. The van der Waals surface area contributed by atoms with E-state index >= 15 is 0 Å². The fourth-order valence-corrected chi connectivity index (χ4v) is 4.44. The first kappa shape index (κ1) is 20.5. The zero-order valence-electron chi connectivity index (χ0n) is 17.6. The Balaban J connectivity index is 1.57. The van der Waals surface area contributed by atoms with Crippen molar-refractivity contribution in [3.63, 3.8) is 0 Å². The highest BCUT2D eigenvalue weighted by molar-refractivity contribution is 6.30. The minimum atomic E-state index is -0.911. The molecule has 0 unspecified atom stereocenters. The Labute approximate surface area is 190 Å². The highest BCUT2D eigenvalue weighted by atomic mass is 35.5. The maximum atomic E-state index is 13.6. The van der Waals surface area contributed by atoms with Crippen LogP contribution in [0.5, 0.6) is 5.75 Å². The Morgan fingerprint density at radius 1 is 0.844 bits per heavy atom. The molecule has 0 aliphatic carbocycles. The largest absolute Gasteiger partial charge is 0.497 e. The summed E-state index contributed by atoms with van der Waals surface area (Å²) in [5.74, 6) is -0.620. The maximum Gasteiger partial charge on any atom is 0.266 e. The molecule has 0 radical (unpaired) electrons. The van der Waals surface area contributed by atoms with E-state index in [1.54, 1.807) is 36.4 Å². The minimum Gasteiger partial charge on any atom is -0.497 e. The normalized spacial score (nSPS) is 22.4. The molecule has 7 heteroatoms. The van der Waals surface area contributed by atoms with Gasteiger partial charge in [-0.1, -0.05) is 41.4 Å². The average molecular weight is 449 g/mol. The molecule has 2 amide bonds. The van der Waals surface area contributed by atoms with E-state index in [1.165, 1.54) is 4.90 Å². The van der Waals surface area contributed by atoms with Gasteiger partial charge in [-0.15, -0.1) is 0 Å². The minimum absolute atomic E-state index is 0.277. The summed E-state index contributed by atoms with van der Waals surface area (Å²) in [5, 5.41) is 2.24. The van der Waals surface area contributed by atoms with E-state index in [9.17, 15) is 9.59 Å². The van der Waals surface area contributed by atoms with Gasteiger partial charge >= 0.3 is 0 Å². The number of hydrogen-bond donors (Lipinski definition) is 0. The summed E-state index contributed by atoms with van der Waals surface area (Å²) in [4.78, 5) is 34.3. The third kappa shape index (κ3) is 3.32. The van der Waals surface area contributed by atoms with Gasteiger partial charge in [0.25, 0.3) is 5.91 Å². The molecule has 2 aliphatic heterocycles. The molecule has 2 saturated heterocycles. The van der Waals surface area contributed by atoms with E-state index in [0.29, 0.717) is 22.1 Å². The van der Waals surface area contributed by atoms with Crippen LogP contribution in [0.15, 0.2) is 72.8 Å². The van der Waals surface area contributed by atoms with Crippen LogP contribution in [0, 0.1) is 12.8 Å². The van der Waals surface area contributed by atoms with Gasteiger partial charge in [-0.3, -0.25) is 14.4 Å². The van der Waals surface area contributed by atoms with Gasteiger partial charge in [0.15, 0.2) is 6.10 Å². The monoisotopic (exact) mass is 448 g/mol. The number of halogens is 1. The van der Waals surface area contributed by atoms with Gasteiger partial charge in [0.2, 0.25) is 5.91 Å². The molecule has 0 aromatic heterocycles. The molecule has 2 heterocycles. The second-order valence-corrected chi connectivity index (χ2v) is 8.36. The first-order valence-electron chi connectivity index (χ1n) is 10.3. The van der Waals surface area contributed by atoms with Crippen LogP contribution in [0.3, 0.4) is 0 Å². The Morgan fingerprint density at radius 2 is 1.47 bits per heavy atom. The smallest absolute Gasteiger partial charge is 0.266 e. The van der Waals surface area contributed by atoms with E-state index in [0.717, 1.165) is 11.1 Å². The molecular weight excluding hydrogens is 428 g/mol. The topological polar surface area (TPSA) is 59.1 Å². The zero-order chi connectivity index (χ0) is 22.4. The van der Waals surface area contributed by atoms with Gasteiger partial charge in [0.1, 0.15) is 11.7 Å². The summed E-state index contributed by atoms with van der Waals surface area (Å²) in [6, 6.07) is 21.4. The third-order valence-corrected chi connectivity index (χ3v) is 6.20. The fraction of sp³-hybridized carbons (Fsp3) is 0.200. The van der Waals surface area contributed by atoms with Crippen LogP contribution in [0.4, 0.5) is 11.4 Å². The molecule has 3 aromatic carbocycles. The number of aryl methyl sites for hydroxylation is 1. The van der Waals surface area contributed by atoms with Crippen molar-refractivity contribution in [1.29, 1.82) is 0 Å². The van der Waals surface area contributed by atoms with Crippen molar-refractivity contribution in [3.05, 3.63) is 88.9 Å². The number of amides is 2. The number of anilines is 2. The van der Waals surface area contributed by atoms with Crippen molar-refractivity contribution in [3.8, 4) is 5.75 Å². The summed E-state index contributed by atoms with van der Waals surface area (Å²) in [6.45, 7) is 1.96. The number of hydrogen-bond acceptors (Lipinski definition) is 5.